The van der Waals surface area contributed by atoms with Crippen molar-refractivity contribution in [3.05, 3.63) is 66.7 Å². The molecular formula is C31H37N7O5S. The van der Waals surface area contributed by atoms with Crippen molar-refractivity contribution in [3.8, 4) is 11.5 Å². The Hall–Kier alpha value is -4.46. The number of carbonyl (C=O) groups excluding carboxylic acids is 1. The largest absolute Gasteiger partial charge is 0.497 e. The third kappa shape index (κ3) is 7.54. The van der Waals surface area contributed by atoms with Crippen LogP contribution >= 0.6 is 0 Å². The molecule has 0 radical (unpaired) electrons. The summed E-state index contributed by atoms with van der Waals surface area (Å²) >= 11 is 0. The summed E-state index contributed by atoms with van der Waals surface area (Å²) in [6.45, 7) is 1.91. The predicted molar refractivity (Wildman–Crippen MR) is 171 cm³/mol. The lowest BCUT2D eigenvalue weighted by Gasteiger charge is -2.34. The molecule has 1 saturated heterocycles. The third-order valence-electron chi connectivity index (χ3n) is 7.50. The van der Waals surface area contributed by atoms with Crippen molar-refractivity contribution in [1.82, 2.24) is 19.8 Å². The lowest BCUT2D eigenvalue weighted by atomic mass is 10.0. The molecule has 0 saturated carbocycles. The number of fused-ring (bicyclic) bond motifs is 1. The third-order valence-corrected chi connectivity index (χ3v) is 8.84. The fourth-order valence-electron chi connectivity index (χ4n) is 5.10. The van der Waals surface area contributed by atoms with Crippen molar-refractivity contribution in [2.24, 2.45) is 0 Å². The summed E-state index contributed by atoms with van der Waals surface area (Å²) in [5.74, 6) is 1.07. The number of anilines is 4. The maximum Gasteiger partial charge on any atom is 0.263 e. The van der Waals surface area contributed by atoms with Crippen LogP contribution in [0.15, 0.2) is 71.6 Å². The molecule has 232 valence electrons. The van der Waals surface area contributed by atoms with Crippen LogP contribution < -0.4 is 24.8 Å². The summed E-state index contributed by atoms with van der Waals surface area (Å²) in [5.41, 5.74) is 2.02. The number of benzene rings is 3. The number of rotatable bonds is 11. The minimum Gasteiger partial charge on any atom is -0.497 e. The van der Waals surface area contributed by atoms with E-state index in [-0.39, 0.29) is 29.0 Å². The summed E-state index contributed by atoms with van der Waals surface area (Å²) in [4.78, 5) is 26.3. The maximum atomic E-state index is 13.6. The highest BCUT2D eigenvalue weighted by Crippen LogP contribution is 2.31. The number of carbonyl (C=O) groups is 1. The average molecular weight is 620 g/mol. The number of nitrogens with zero attached hydrogens (tertiary/aromatic N) is 4. The SMILES string of the molecule is COc1cc(Nc2nc3ccccc3nc2NS(=O)(=O)c2cccc(NC(=O)CN3CCC(N(C)C)CC3)c2)cc(OC)c1. The van der Waals surface area contributed by atoms with Gasteiger partial charge in [0.15, 0.2) is 11.6 Å². The molecular weight excluding hydrogens is 582 g/mol. The number of likely N-dealkylation sites (tertiary alicyclic amines) is 1. The first-order valence-electron chi connectivity index (χ1n) is 14.2. The molecule has 3 aromatic carbocycles. The van der Waals surface area contributed by atoms with E-state index in [1.807, 2.05) is 6.07 Å². The van der Waals surface area contributed by atoms with Gasteiger partial charge in [0.05, 0.1) is 36.7 Å². The van der Waals surface area contributed by atoms with Gasteiger partial charge in [-0.1, -0.05) is 18.2 Å². The number of hydrogen-bond donors (Lipinski definition) is 3. The van der Waals surface area contributed by atoms with Crippen LogP contribution in [0.4, 0.5) is 23.0 Å². The molecule has 1 fully saturated rings. The number of amides is 1. The average Bonchev–Trinajstić information content (AvgIpc) is 3.01. The van der Waals surface area contributed by atoms with Gasteiger partial charge in [0.2, 0.25) is 5.91 Å². The zero-order valence-corrected chi connectivity index (χ0v) is 26.0. The van der Waals surface area contributed by atoms with Crippen LogP contribution in [0.1, 0.15) is 12.8 Å². The molecule has 0 bridgehead atoms. The second-order valence-electron chi connectivity index (χ2n) is 10.8. The number of para-hydroxylation sites is 2. The van der Waals surface area contributed by atoms with Crippen LogP contribution in [0.25, 0.3) is 11.0 Å². The Balaban J connectivity index is 1.35. The molecule has 44 heavy (non-hydrogen) atoms. The van der Waals surface area contributed by atoms with Crippen molar-refractivity contribution in [3.63, 3.8) is 0 Å². The van der Waals surface area contributed by atoms with Crippen molar-refractivity contribution >= 4 is 50.0 Å². The lowest BCUT2D eigenvalue weighted by Crippen LogP contribution is -2.44. The summed E-state index contributed by atoms with van der Waals surface area (Å²) in [6.07, 6.45) is 2.00. The van der Waals surface area contributed by atoms with Crippen molar-refractivity contribution in [2.75, 3.05) is 63.3 Å². The lowest BCUT2D eigenvalue weighted by molar-refractivity contribution is -0.117. The second-order valence-corrected chi connectivity index (χ2v) is 12.5. The first-order chi connectivity index (χ1) is 21.1. The number of aromatic nitrogens is 2. The molecule has 1 aliphatic rings. The van der Waals surface area contributed by atoms with Crippen molar-refractivity contribution in [1.29, 1.82) is 0 Å². The van der Waals surface area contributed by atoms with Gasteiger partial charge in [-0.05, 0) is 57.3 Å². The number of hydrogen-bond acceptors (Lipinski definition) is 10. The fraction of sp³-hybridized carbons (Fsp3) is 0.323. The number of methoxy groups -OCH3 is 2. The molecule has 0 atom stereocenters. The van der Waals surface area contributed by atoms with Crippen LogP contribution in [-0.2, 0) is 14.8 Å². The van der Waals surface area contributed by atoms with E-state index in [1.54, 1.807) is 62.8 Å². The maximum absolute atomic E-state index is 13.6. The van der Waals surface area contributed by atoms with Gasteiger partial charge < -0.3 is 25.0 Å². The Kier molecular flexibility index (Phi) is 9.47. The van der Waals surface area contributed by atoms with E-state index in [4.69, 9.17) is 9.47 Å². The van der Waals surface area contributed by atoms with Gasteiger partial charge in [-0.2, -0.15) is 0 Å². The highest BCUT2D eigenvalue weighted by atomic mass is 32.2. The Morgan fingerprint density at radius 3 is 2.14 bits per heavy atom. The highest BCUT2D eigenvalue weighted by molar-refractivity contribution is 7.92. The van der Waals surface area contributed by atoms with E-state index in [9.17, 15) is 13.2 Å². The highest BCUT2D eigenvalue weighted by Gasteiger charge is 2.23. The van der Waals surface area contributed by atoms with E-state index in [0.717, 1.165) is 25.9 Å². The molecule has 3 N–H and O–H groups in total. The molecule has 13 heteroatoms. The number of piperidine rings is 1. The molecule has 1 aromatic heterocycles. The molecule has 1 aliphatic heterocycles. The van der Waals surface area contributed by atoms with Crippen LogP contribution in [-0.4, -0.2) is 88.1 Å². The van der Waals surface area contributed by atoms with E-state index in [0.29, 0.717) is 39.9 Å². The minimum absolute atomic E-state index is 0.000974. The first kappa shape index (κ1) is 31.0. The predicted octanol–water partition coefficient (Wildman–Crippen LogP) is 4.16. The summed E-state index contributed by atoms with van der Waals surface area (Å²) in [5, 5.41) is 5.99. The van der Waals surface area contributed by atoms with Crippen molar-refractivity contribution in [2.45, 2.75) is 23.8 Å². The molecule has 12 nitrogen and oxygen atoms in total. The standard InChI is InChI=1S/C31H37N7O5S/c1-37(2)23-12-14-38(15-13-23)20-29(39)32-21-8-7-9-26(18-21)44(40,41)36-31-30(34-27-10-5-6-11-28(27)35-31)33-22-16-24(42-3)19-25(17-22)43-4/h5-11,16-19,23H,12-15,20H2,1-4H3,(H,32,39)(H,33,34)(H,35,36). The molecule has 0 spiro atoms. The smallest absolute Gasteiger partial charge is 0.263 e. The van der Waals surface area contributed by atoms with Gasteiger partial charge in [-0.3, -0.25) is 14.4 Å². The van der Waals surface area contributed by atoms with Crippen LogP contribution in [0.5, 0.6) is 11.5 Å². The van der Waals surface area contributed by atoms with Gasteiger partial charge in [0, 0.05) is 48.7 Å². The first-order valence-corrected chi connectivity index (χ1v) is 15.7. The number of nitrogens with one attached hydrogen (secondary N) is 3. The number of sulfonamides is 1. The van der Waals surface area contributed by atoms with Gasteiger partial charge in [-0.15, -0.1) is 0 Å². The second kappa shape index (κ2) is 13.5. The molecule has 1 amide bonds. The zero-order valence-electron chi connectivity index (χ0n) is 25.2. The van der Waals surface area contributed by atoms with Crippen LogP contribution in [0.2, 0.25) is 0 Å². The van der Waals surface area contributed by atoms with Gasteiger partial charge in [0.1, 0.15) is 11.5 Å². The molecule has 0 aliphatic carbocycles. The monoisotopic (exact) mass is 619 g/mol. The fourth-order valence-corrected chi connectivity index (χ4v) is 6.15. The molecule has 0 unspecified atom stereocenters. The molecule has 5 rings (SSSR count). The van der Waals surface area contributed by atoms with Crippen LogP contribution in [0.3, 0.4) is 0 Å². The van der Waals surface area contributed by atoms with Gasteiger partial charge in [-0.25, -0.2) is 18.4 Å². The van der Waals surface area contributed by atoms with E-state index in [2.05, 4.69) is 49.2 Å². The Morgan fingerprint density at radius 1 is 0.886 bits per heavy atom. The Morgan fingerprint density at radius 2 is 1.52 bits per heavy atom. The quantitative estimate of drug-likeness (QED) is 0.224. The Bertz CT molecular complexity index is 1720. The molecule has 2 heterocycles. The topological polar surface area (TPSA) is 138 Å². The Labute approximate surface area is 257 Å². The van der Waals surface area contributed by atoms with E-state index < -0.39 is 10.0 Å². The zero-order chi connectivity index (χ0) is 31.3. The number of ether oxygens (including phenoxy) is 2. The van der Waals surface area contributed by atoms with E-state index in [1.165, 1.54) is 12.1 Å². The van der Waals surface area contributed by atoms with Crippen LogP contribution in [0, 0.1) is 0 Å². The summed E-state index contributed by atoms with van der Waals surface area (Å²) < 4.78 is 40.5. The minimum atomic E-state index is -4.13. The van der Waals surface area contributed by atoms with Crippen molar-refractivity contribution < 1.29 is 22.7 Å². The van der Waals surface area contributed by atoms with Gasteiger partial charge in [0.25, 0.3) is 10.0 Å². The summed E-state index contributed by atoms with van der Waals surface area (Å²) in [6, 6.07) is 19.0. The van der Waals surface area contributed by atoms with E-state index >= 15 is 0 Å². The summed E-state index contributed by atoms with van der Waals surface area (Å²) in [7, 11) is 3.10. The molecule has 4 aromatic rings. The van der Waals surface area contributed by atoms with Gasteiger partial charge >= 0.3 is 0 Å². The normalized spacial score (nSPS) is 14.4.